The highest BCUT2D eigenvalue weighted by Crippen LogP contribution is 2.31. The Labute approximate surface area is 114 Å². The molecule has 6 heteroatoms. The third kappa shape index (κ3) is 3.66. The molecule has 1 aliphatic heterocycles. The van der Waals surface area contributed by atoms with Gasteiger partial charge in [-0.15, -0.1) is 11.3 Å². The van der Waals surface area contributed by atoms with E-state index in [0.717, 1.165) is 19.6 Å². The summed E-state index contributed by atoms with van der Waals surface area (Å²) in [6.45, 7) is 2.11. The van der Waals surface area contributed by atoms with Gasteiger partial charge in [-0.1, -0.05) is 23.2 Å². The van der Waals surface area contributed by atoms with Crippen LogP contribution in [0.5, 0.6) is 0 Å². The van der Waals surface area contributed by atoms with Gasteiger partial charge in [-0.05, 0) is 12.5 Å². The first-order valence-corrected chi connectivity index (χ1v) is 6.87. The minimum absolute atomic E-state index is 0.0449. The lowest BCUT2D eigenvalue weighted by atomic mass is 10.1. The van der Waals surface area contributed by atoms with Crippen LogP contribution in [0.25, 0.3) is 0 Å². The summed E-state index contributed by atoms with van der Waals surface area (Å²) in [5.74, 6) is 0.279. The number of hydrogen-bond acceptors (Lipinski definition) is 4. The largest absolute Gasteiger partial charge is 0.381 e. The van der Waals surface area contributed by atoms with Gasteiger partial charge in [0.2, 0.25) is 0 Å². The zero-order valence-electron chi connectivity index (χ0n) is 9.08. The van der Waals surface area contributed by atoms with Crippen molar-refractivity contribution in [2.24, 2.45) is 5.92 Å². The lowest BCUT2D eigenvalue weighted by Gasteiger charge is -2.07. The second kappa shape index (κ2) is 6.16. The average Bonchev–Trinajstić information content (AvgIpc) is 2.88. The number of hydrogen-bond donors (Lipinski definition) is 0. The van der Waals surface area contributed by atoms with E-state index in [1.165, 1.54) is 11.3 Å². The molecule has 0 N–H and O–H groups in total. The molecule has 1 saturated heterocycles. The molecule has 0 amide bonds. The topological polar surface area (TPSA) is 35.5 Å². The van der Waals surface area contributed by atoms with Crippen molar-refractivity contribution in [3.8, 4) is 0 Å². The van der Waals surface area contributed by atoms with Crippen molar-refractivity contribution >= 4 is 40.3 Å². The molecule has 0 radical (unpaired) electrons. The van der Waals surface area contributed by atoms with Crippen molar-refractivity contribution < 1.29 is 14.3 Å². The summed E-state index contributed by atoms with van der Waals surface area (Å²) in [7, 11) is 0. The van der Waals surface area contributed by atoms with Gasteiger partial charge >= 0.3 is 0 Å². The summed E-state index contributed by atoms with van der Waals surface area (Å²) in [5, 5.41) is 0. The Morgan fingerprint density at radius 3 is 3.00 bits per heavy atom. The van der Waals surface area contributed by atoms with Crippen LogP contribution in [0.1, 0.15) is 16.8 Å². The molecule has 0 aliphatic carbocycles. The number of ether oxygens (including phenoxy) is 2. The SMILES string of the molecule is O=C(COCC1CCOC1)c1cc(Cl)sc1Cl. The molecular formula is C11H12Cl2O3S. The van der Waals surface area contributed by atoms with Crippen molar-refractivity contribution in [2.45, 2.75) is 6.42 Å². The van der Waals surface area contributed by atoms with E-state index in [1.54, 1.807) is 6.07 Å². The molecule has 1 atom stereocenters. The molecule has 0 spiro atoms. The number of carbonyl (C=O) groups excluding carboxylic acids is 1. The smallest absolute Gasteiger partial charge is 0.190 e. The fraction of sp³-hybridized carbons (Fsp3) is 0.545. The highest BCUT2D eigenvalue weighted by Gasteiger charge is 2.18. The molecule has 3 nitrogen and oxygen atoms in total. The maximum Gasteiger partial charge on any atom is 0.190 e. The van der Waals surface area contributed by atoms with Crippen LogP contribution in [0.3, 0.4) is 0 Å². The monoisotopic (exact) mass is 294 g/mol. The Morgan fingerprint density at radius 1 is 1.59 bits per heavy atom. The van der Waals surface area contributed by atoms with Gasteiger partial charge in [-0.25, -0.2) is 0 Å². The molecule has 1 aliphatic rings. The van der Waals surface area contributed by atoms with Crippen LogP contribution in [0.2, 0.25) is 8.67 Å². The van der Waals surface area contributed by atoms with Crippen molar-refractivity contribution in [1.82, 2.24) is 0 Å². The summed E-state index contributed by atoms with van der Waals surface area (Å²) in [4.78, 5) is 11.8. The summed E-state index contributed by atoms with van der Waals surface area (Å²) in [6.07, 6.45) is 0.999. The maximum absolute atomic E-state index is 11.8. The number of Topliss-reactive ketones (excluding diaryl/α,β-unsaturated/α-hetero) is 1. The second-order valence-corrected chi connectivity index (χ2v) is 6.19. The first-order valence-electron chi connectivity index (χ1n) is 5.30. The Hall–Kier alpha value is -0.130. The Kier molecular flexibility index (Phi) is 4.82. The number of ketones is 1. The molecule has 17 heavy (non-hydrogen) atoms. The molecule has 1 unspecified atom stereocenters. The summed E-state index contributed by atoms with van der Waals surface area (Å²) < 4.78 is 11.5. The minimum atomic E-state index is -0.128. The molecule has 1 aromatic heterocycles. The van der Waals surface area contributed by atoms with Crippen LogP contribution in [-0.4, -0.2) is 32.2 Å². The minimum Gasteiger partial charge on any atom is -0.381 e. The normalized spacial score (nSPS) is 19.8. The van der Waals surface area contributed by atoms with Crippen LogP contribution < -0.4 is 0 Å². The van der Waals surface area contributed by atoms with Gasteiger partial charge in [0, 0.05) is 12.5 Å². The van der Waals surface area contributed by atoms with E-state index in [4.69, 9.17) is 32.7 Å². The van der Waals surface area contributed by atoms with Gasteiger partial charge in [0.1, 0.15) is 10.9 Å². The fourth-order valence-electron chi connectivity index (χ4n) is 1.64. The number of rotatable bonds is 5. The lowest BCUT2D eigenvalue weighted by Crippen LogP contribution is -2.15. The molecule has 0 bridgehead atoms. The quantitative estimate of drug-likeness (QED) is 0.782. The average molecular weight is 295 g/mol. The van der Waals surface area contributed by atoms with Crippen LogP contribution in [0.15, 0.2) is 6.07 Å². The van der Waals surface area contributed by atoms with Crippen LogP contribution in [0.4, 0.5) is 0 Å². The van der Waals surface area contributed by atoms with Crippen molar-refractivity contribution in [3.63, 3.8) is 0 Å². The Morgan fingerprint density at radius 2 is 2.41 bits per heavy atom. The van der Waals surface area contributed by atoms with Gasteiger partial charge in [0.15, 0.2) is 5.78 Å². The highest BCUT2D eigenvalue weighted by molar-refractivity contribution is 7.20. The first-order chi connectivity index (χ1) is 8.16. The number of carbonyl (C=O) groups is 1. The number of thiophene rings is 1. The molecule has 2 rings (SSSR count). The van der Waals surface area contributed by atoms with Gasteiger partial charge in [-0.3, -0.25) is 4.79 Å². The van der Waals surface area contributed by atoms with Crippen molar-refractivity contribution in [3.05, 3.63) is 20.3 Å². The van der Waals surface area contributed by atoms with E-state index in [0.29, 0.717) is 26.8 Å². The van der Waals surface area contributed by atoms with Crippen molar-refractivity contribution in [1.29, 1.82) is 0 Å². The lowest BCUT2D eigenvalue weighted by molar-refractivity contribution is 0.0652. The molecule has 0 aromatic carbocycles. The van der Waals surface area contributed by atoms with E-state index in [1.807, 2.05) is 0 Å². The Balaban J connectivity index is 1.78. The summed E-state index contributed by atoms with van der Waals surface area (Å²) in [6, 6.07) is 1.58. The molecule has 0 saturated carbocycles. The van der Waals surface area contributed by atoms with Crippen molar-refractivity contribution in [2.75, 3.05) is 26.4 Å². The standard InChI is InChI=1S/C11H12Cl2O3S/c12-10-3-8(11(13)17-10)9(14)6-16-5-7-1-2-15-4-7/h3,7H,1-2,4-6H2. The predicted octanol–water partition coefficient (Wildman–Crippen LogP) is 3.29. The van der Waals surface area contributed by atoms with Crippen LogP contribution >= 0.6 is 34.5 Å². The maximum atomic E-state index is 11.8. The van der Waals surface area contributed by atoms with E-state index in [9.17, 15) is 4.79 Å². The van der Waals surface area contributed by atoms with E-state index in [-0.39, 0.29) is 12.4 Å². The second-order valence-electron chi connectivity index (χ2n) is 3.91. The third-order valence-corrected chi connectivity index (χ3v) is 4.06. The zero-order valence-corrected chi connectivity index (χ0v) is 11.4. The first kappa shape index (κ1) is 13.3. The van der Waals surface area contributed by atoms with Gasteiger partial charge < -0.3 is 9.47 Å². The Bertz CT molecular complexity index is 399. The number of halogens is 2. The molecule has 94 valence electrons. The highest BCUT2D eigenvalue weighted by atomic mass is 35.5. The third-order valence-electron chi connectivity index (χ3n) is 2.57. The molecule has 1 fully saturated rings. The molecular weight excluding hydrogens is 283 g/mol. The van der Waals surface area contributed by atoms with Gasteiger partial charge in [0.05, 0.1) is 23.1 Å². The predicted molar refractivity (Wildman–Crippen MR) is 68.4 cm³/mol. The van der Waals surface area contributed by atoms with Crippen LogP contribution in [-0.2, 0) is 9.47 Å². The van der Waals surface area contributed by atoms with E-state index >= 15 is 0 Å². The molecule has 2 heterocycles. The fourth-order valence-corrected chi connectivity index (χ4v) is 3.14. The summed E-state index contributed by atoms with van der Waals surface area (Å²) >= 11 is 12.8. The molecule has 1 aromatic rings. The van der Waals surface area contributed by atoms with Gasteiger partial charge in [0.25, 0.3) is 0 Å². The van der Waals surface area contributed by atoms with Crippen LogP contribution in [0, 0.1) is 5.92 Å². The van der Waals surface area contributed by atoms with E-state index < -0.39 is 0 Å². The summed E-state index contributed by atoms with van der Waals surface area (Å²) in [5.41, 5.74) is 0.448. The van der Waals surface area contributed by atoms with E-state index in [2.05, 4.69) is 0 Å². The van der Waals surface area contributed by atoms with Gasteiger partial charge in [-0.2, -0.15) is 0 Å². The zero-order chi connectivity index (χ0) is 12.3.